The molecule has 8 nitrogen and oxygen atoms in total. The average molecular weight is 460 g/mol. The van der Waals surface area contributed by atoms with E-state index in [-0.39, 0.29) is 79.4 Å². The number of aromatic hydroxyl groups is 8. The zero-order valence-corrected chi connectivity index (χ0v) is 17.5. The van der Waals surface area contributed by atoms with Gasteiger partial charge in [-0.05, 0) is 81.9 Å². The van der Waals surface area contributed by atoms with Crippen LogP contribution in [0.1, 0.15) is 22.3 Å². The molecule has 0 heterocycles. The van der Waals surface area contributed by atoms with Gasteiger partial charge in [0, 0.05) is 24.3 Å². The molecule has 4 aromatic carbocycles. The predicted molar refractivity (Wildman–Crippen MR) is 124 cm³/mol. The first kappa shape index (κ1) is 22.2. The Morgan fingerprint density at radius 1 is 0.265 bits per heavy atom. The van der Waals surface area contributed by atoms with Crippen LogP contribution in [0.4, 0.5) is 0 Å². The molecule has 0 saturated carbocycles. The first-order valence-electron chi connectivity index (χ1n) is 9.97. The Bertz CT molecular complexity index is 1140. The van der Waals surface area contributed by atoms with Crippen LogP contribution in [0.15, 0.2) is 72.8 Å². The minimum Gasteiger partial charge on any atom is -0.508 e. The smallest absolute Gasteiger partial charge is 0.119 e. The maximum Gasteiger partial charge on any atom is 0.119 e. The van der Waals surface area contributed by atoms with E-state index in [0.717, 1.165) is 24.3 Å². The molecule has 4 rings (SSSR count). The fraction of sp³-hybridized carbons (Fsp3) is 0. The number of phenolic OH excluding ortho intramolecular Hbond substituents is 8. The molecule has 4 aromatic rings. The van der Waals surface area contributed by atoms with Crippen LogP contribution in [0.3, 0.4) is 0 Å². The van der Waals surface area contributed by atoms with Crippen molar-refractivity contribution >= 4 is 11.1 Å². The van der Waals surface area contributed by atoms with Crippen LogP contribution in [0.5, 0.6) is 46.0 Å². The van der Waals surface area contributed by atoms with E-state index < -0.39 is 0 Å². The Kier molecular flexibility index (Phi) is 5.56. The van der Waals surface area contributed by atoms with Gasteiger partial charge in [-0.1, -0.05) is 0 Å². The van der Waals surface area contributed by atoms with Crippen LogP contribution in [0.25, 0.3) is 11.1 Å². The highest BCUT2D eigenvalue weighted by Gasteiger charge is 2.21. The second-order valence-electron chi connectivity index (χ2n) is 7.70. The van der Waals surface area contributed by atoms with Crippen LogP contribution < -0.4 is 0 Å². The lowest BCUT2D eigenvalue weighted by molar-refractivity contribution is 0.448. The predicted octanol–water partition coefficient (Wildman–Crippen LogP) is 4.34. The van der Waals surface area contributed by atoms with Crippen LogP contribution in [0.2, 0.25) is 0 Å². The van der Waals surface area contributed by atoms with Gasteiger partial charge < -0.3 is 40.9 Å². The van der Waals surface area contributed by atoms with Crippen molar-refractivity contribution in [2.45, 2.75) is 0 Å². The van der Waals surface area contributed by atoms with E-state index >= 15 is 0 Å². The zero-order chi connectivity index (χ0) is 24.6. The van der Waals surface area contributed by atoms with Gasteiger partial charge in [-0.15, -0.1) is 0 Å². The molecule has 0 amide bonds. The van der Waals surface area contributed by atoms with Crippen molar-refractivity contribution < 1.29 is 40.9 Å². The quantitative estimate of drug-likeness (QED) is 0.209. The number of hydrogen-bond donors (Lipinski definition) is 8. The lowest BCUT2D eigenvalue weighted by atomic mass is 9.85. The van der Waals surface area contributed by atoms with Crippen molar-refractivity contribution in [2.24, 2.45) is 0 Å². The van der Waals surface area contributed by atoms with Gasteiger partial charge in [0.25, 0.3) is 0 Å². The van der Waals surface area contributed by atoms with Gasteiger partial charge in [-0.25, -0.2) is 0 Å². The molecule has 34 heavy (non-hydrogen) atoms. The molecule has 0 unspecified atom stereocenters. The first-order chi connectivity index (χ1) is 16.1. The topological polar surface area (TPSA) is 162 Å². The monoisotopic (exact) mass is 460 g/mol. The van der Waals surface area contributed by atoms with Crippen LogP contribution in [0, 0.1) is 0 Å². The summed E-state index contributed by atoms with van der Waals surface area (Å²) in [6, 6.07) is 15.0. The number of phenols is 8. The number of hydrogen-bond acceptors (Lipinski definition) is 8. The van der Waals surface area contributed by atoms with E-state index in [1.165, 1.54) is 48.5 Å². The zero-order valence-electron chi connectivity index (χ0n) is 17.5. The van der Waals surface area contributed by atoms with Crippen LogP contribution in [-0.2, 0) is 0 Å². The summed E-state index contributed by atoms with van der Waals surface area (Å²) in [5, 5.41) is 81.3. The summed E-state index contributed by atoms with van der Waals surface area (Å²) in [6.07, 6.45) is 0. The average Bonchev–Trinajstić information content (AvgIpc) is 2.68. The lowest BCUT2D eigenvalue weighted by Gasteiger charge is -2.19. The van der Waals surface area contributed by atoms with Crippen molar-refractivity contribution in [3.8, 4) is 46.0 Å². The van der Waals surface area contributed by atoms with E-state index in [4.69, 9.17) is 0 Å². The second-order valence-corrected chi connectivity index (χ2v) is 7.70. The van der Waals surface area contributed by atoms with E-state index in [1.54, 1.807) is 0 Å². The van der Waals surface area contributed by atoms with Gasteiger partial charge in [-0.2, -0.15) is 0 Å². The molecule has 0 spiro atoms. The molecule has 0 aromatic heterocycles. The van der Waals surface area contributed by atoms with E-state index in [1.807, 2.05) is 0 Å². The summed E-state index contributed by atoms with van der Waals surface area (Å²) in [7, 11) is 0. The summed E-state index contributed by atoms with van der Waals surface area (Å²) in [6.45, 7) is 0. The van der Waals surface area contributed by atoms with Gasteiger partial charge in [0.05, 0.1) is 0 Å². The maximum atomic E-state index is 10.2. The summed E-state index contributed by atoms with van der Waals surface area (Å²) < 4.78 is 0. The summed E-state index contributed by atoms with van der Waals surface area (Å²) in [5.41, 5.74) is 1.33. The maximum absolute atomic E-state index is 10.2. The molecule has 0 saturated heterocycles. The normalized spacial score (nSPS) is 10.7. The van der Waals surface area contributed by atoms with Crippen molar-refractivity contribution in [2.75, 3.05) is 0 Å². The highest BCUT2D eigenvalue weighted by atomic mass is 16.3. The van der Waals surface area contributed by atoms with Crippen LogP contribution in [-0.4, -0.2) is 40.9 Å². The SMILES string of the molecule is Oc1cc(O)cc(C(=C(c2cc(O)cc(O)c2)c2cc(O)cc(O)c2)c2cc(O)cc(O)c2)c1. The van der Waals surface area contributed by atoms with Crippen molar-refractivity contribution in [3.63, 3.8) is 0 Å². The van der Waals surface area contributed by atoms with Crippen molar-refractivity contribution in [3.05, 3.63) is 95.1 Å². The van der Waals surface area contributed by atoms with E-state index in [2.05, 4.69) is 0 Å². The third-order valence-corrected chi connectivity index (χ3v) is 5.01. The standard InChI is InChI=1S/C26H20O8/c27-17-1-13(2-18(28)9-17)25(14-3-19(29)10-20(30)4-14)26(15-5-21(31)11-22(32)6-15)16-7-23(33)12-24(34)8-16/h1-12,27-34H. The molecule has 8 N–H and O–H groups in total. The Balaban J connectivity index is 2.23. The third kappa shape index (κ3) is 4.61. The van der Waals surface area contributed by atoms with Gasteiger partial charge in [-0.3, -0.25) is 0 Å². The number of rotatable bonds is 4. The first-order valence-corrected chi connectivity index (χ1v) is 9.97. The highest BCUT2D eigenvalue weighted by Crippen LogP contribution is 2.43. The summed E-state index contributed by atoms with van der Waals surface area (Å²) in [4.78, 5) is 0. The molecule has 0 bridgehead atoms. The Labute approximate surface area is 193 Å². The van der Waals surface area contributed by atoms with E-state index in [9.17, 15) is 40.9 Å². The molecule has 0 aliphatic rings. The minimum absolute atomic E-state index is 0.215. The largest absolute Gasteiger partial charge is 0.508 e. The van der Waals surface area contributed by atoms with Gasteiger partial charge in [0.15, 0.2) is 0 Å². The summed E-state index contributed by atoms with van der Waals surface area (Å²) >= 11 is 0. The van der Waals surface area contributed by atoms with Crippen LogP contribution >= 0.6 is 0 Å². The second kappa shape index (κ2) is 8.51. The lowest BCUT2D eigenvalue weighted by Crippen LogP contribution is -1.98. The molecule has 8 heteroatoms. The molecular weight excluding hydrogens is 440 g/mol. The molecule has 0 fully saturated rings. The van der Waals surface area contributed by atoms with Gasteiger partial charge in [0.2, 0.25) is 0 Å². The molecule has 0 radical (unpaired) electrons. The third-order valence-electron chi connectivity index (χ3n) is 5.01. The Morgan fingerprint density at radius 3 is 0.559 bits per heavy atom. The molecule has 172 valence electrons. The fourth-order valence-electron chi connectivity index (χ4n) is 3.87. The van der Waals surface area contributed by atoms with Crippen molar-refractivity contribution in [1.82, 2.24) is 0 Å². The molecular formula is C26H20O8. The van der Waals surface area contributed by atoms with Gasteiger partial charge >= 0.3 is 0 Å². The highest BCUT2D eigenvalue weighted by molar-refractivity contribution is 6.05. The van der Waals surface area contributed by atoms with Gasteiger partial charge in [0.1, 0.15) is 46.0 Å². The Morgan fingerprint density at radius 2 is 0.412 bits per heavy atom. The summed E-state index contributed by atoms with van der Waals surface area (Å²) in [5.74, 6) is -2.27. The number of benzene rings is 4. The van der Waals surface area contributed by atoms with Crippen molar-refractivity contribution in [1.29, 1.82) is 0 Å². The van der Waals surface area contributed by atoms with E-state index in [0.29, 0.717) is 0 Å². The Hall–Kier alpha value is -4.98. The minimum atomic E-state index is -0.284. The molecule has 0 aliphatic carbocycles. The molecule has 0 atom stereocenters. The fourth-order valence-corrected chi connectivity index (χ4v) is 3.87. The molecule has 0 aliphatic heterocycles.